The van der Waals surface area contributed by atoms with Crippen molar-refractivity contribution < 1.29 is 17.6 Å². The van der Waals surface area contributed by atoms with Crippen LogP contribution in [0.3, 0.4) is 0 Å². The molecule has 1 N–H and O–H groups in total. The third-order valence-electron chi connectivity index (χ3n) is 4.81. The monoisotopic (exact) mass is 375 g/mol. The smallest absolute Gasteiger partial charge is 0.251 e. The summed E-state index contributed by atoms with van der Waals surface area (Å²) in [5, 5.41) is 2.84. The van der Waals surface area contributed by atoms with Crippen LogP contribution in [0.1, 0.15) is 34.3 Å². The minimum Gasteiger partial charge on any atom is -0.349 e. The van der Waals surface area contributed by atoms with Crippen LogP contribution in [0.2, 0.25) is 0 Å². The zero-order chi connectivity index (χ0) is 18.9. The molecule has 1 fully saturated rings. The summed E-state index contributed by atoms with van der Waals surface area (Å²) in [7, 11) is -3.32. The van der Waals surface area contributed by atoms with Crippen molar-refractivity contribution >= 4 is 15.7 Å². The van der Waals surface area contributed by atoms with Crippen molar-refractivity contribution in [2.45, 2.75) is 37.6 Å². The van der Waals surface area contributed by atoms with Crippen LogP contribution >= 0.6 is 0 Å². The highest BCUT2D eigenvalue weighted by atomic mass is 32.2. The molecule has 1 aliphatic carbocycles. The Morgan fingerprint density at radius 2 is 1.88 bits per heavy atom. The number of hydrogen-bond acceptors (Lipinski definition) is 3. The number of nitrogens with one attached hydrogen (secondary N) is 1. The van der Waals surface area contributed by atoms with Gasteiger partial charge in [-0.2, -0.15) is 0 Å². The Balaban J connectivity index is 1.54. The van der Waals surface area contributed by atoms with Crippen LogP contribution in [0.5, 0.6) is 0 Å². The van der Waals surface area contributed by atoms with E-state index in [-0.39, 0.29) is 29.2 Å². The van der Waals surface area contributed by atoms with E-state index in [1.54, 1.807) is 37.3 Å². The predicted molar refractivity (Wildman–Crippen MR) is 98.3 cm³/mol. The van der Waals surface area contributed by atoms with E-state index in [0.29, 0.717) is 23.3 Å². The minimum absolute atomic E-state index is 0.0283. The van der Waals surface area contributed by atoms with E-state index in [1.807, 2.05) is 13.0 Å². The highest BCUT2D eigenvalue weighted by molar-refractivity contribution is 7.91. The van der Waals surface area contributed by atoms with Crippen LogP contribution in [-0.4, -0.2) is 26.1 Å². The summed E-state index contributed by atoms with van der Waals surface area (Å²) in [4.78, 5) is 12.5. The van der Waals surface area contributed by atoms with Gasteiger partial charge in [-0.1, -0.05) is 18.2 Å². The molecule has 2 aromatic rings. The molecular weight excluding hydrogens is 353 g/mol. The quantitative estimate of drug-likeness (QED) is 0.871. The summed E-state index contributed by atoms with van der Waals surface area (Å²) in [5.74, 6) is -0.620. The Bertz CT molecular complexity index is 934. The Morgan fingerprint density at radius 1 is 1.15 bits per heavy atom. The molecule has 0 atom stereocenters. The molecule has 0 unspecified atom stereocenters. The normalized spacial score (nSPS) is 19.7. The summed E-state index contributed by atoms with van der Waals surface area (Å²) < 4.78 is 38.5. The first-order valence-corrected chi connectivity index (χ1v) is 10.3. The standard InChI is InChI=1S/C20H22FNO3S/c1-13-4-3-5-18(8-13)26(24,25)12-15-9-17(10-15)22-20(23)16-7-6-14(2)19(21)11-16/h3-8,11,15,17H,9-10,12H2,1-2H3,(H,22,23). The molecule has 1 aliphatic rings. The topological polar surface area (TPSA) is 63.2 Å². The van der Waals surface area contributed by atoms with Gasteiger partial charge in [0.1, 0.15) is 5.82 Å². The summed E-state index contributed by atoms with van der Waals surface area (Å²) >= 11 is 0. The Kier molecular flexibility index (Phi) is 5.14. The van der Waals surface area contributed by atoms with Gasteiger partial charge in [-0.25, -0.2) is 12.8 Å². The Morgan fingerprint density at radius 3 is 2.54 bits per heavy atom. The fourth-order valence-corrected chi connectivity index (χ4v) is 4.94. The van der Waals surface area contributed by atoms with Crippen molar-refractivity contribution in [2.24, 2.45) is 5.92 Å². The highest BCUT2D eigenvalue weighted by Gasteiger charge is 2.34. The number of benzene rings is 2. The second-order valence-electron chi connectivity index (χ2n) is 7.07. The lowest BCUT2D eigenvalue weighted by molar-refractivity contribution is 0.0896. The molecular formula is C20H22FNO3S. The third kappa shape index (κ3) is 4.12. The van der Waals surface area contributed by atoms with E-state index in [1.165, 1.54) is 6.07 Å². The first-order valence-electron chi connectivity index (χ1n) is 8.61. The van der Waals surface area contributed by atoms with Crippen molar-refractivity contribution in [1.82, 2.24) is 5.32 Å². The first kappa shape index (κ1) is 18.6. The highest BCUT2D eigenvalue weighted by Crippen LogP contribution is 2.31. The summed E-state index contributed by atoms with van der Waals surface area (Å²) in [6.45, 7) is 3.50. The molecule has 138 valence electrons. The number of halogens is 1. The van der Waals surface area contributed by atoms with Crippen LogP contribution in [0, 0.1) is 25.6 Å². The van der Waals surface area contributed by atoms with Gasteiger partial charge >= 0.3 is 0 Å². The average molecular weight is 375 g/mol. The summed E-state index contributed by atoms with van der Waals surface area (Å²) in [5.41, 5.74) is 1.69. The molecule has 3 rings (SSSR count). The predicted octanol–water partition coefficient (Wildman–Crippen LogP) is 3.42. The maximum Gasteiger partial charge on any atom is 0.251 e. The zero-order valence-electron chi connectivity index (χ0n) is 14.8. The molecule has 0 saturated heterocycles. The third-order valence-corrected chi connectivity index (χ3v) is 6.69. The molecule has 26 heavy (non-hydrogen) atoms. The van der Waals surface area contributed by atoms with Crippen LogP contribution in [-0.2, 0) is 9.84 Å². The van der Waals surface area contributed by atoms with Crippen molar-refractivity contribution in [1.29, 1.82) is 0 Å². The number of hydrogen-bond donors (Lipinski definition) is 1. The Hall–Kier alpha value is -2.21. The van der Waals surface area contributed by atoms with E-state index in [4.69, 9.17) is 0 Å². The van der Waals surface area contributed by atoms with Crippen molar-refractivity contribution in [2.75, 3.05) is 5.75 Å². The van der Waals surface area contributed by atoms with Crippen molar-refractivity contribution in [3.8, 4) is 0 Å². The van der Waals surface area contributed by atoms with Gasteiger partial charge in [0.2, 0.25) is 0 Å². The van der Waals surface area contributed by atoms with Crippen LogP contribution in [0.25, 0.3) is 0 Å². The van der Waals surface area contributed by atoms with Gasteiger partial charge in [0.15, 0.2) is 9.84 Å². The molecule has 0 heterocycles. The lowest BCUT2D eigenvalue weighted by Gasteiger charge is -2.35. The number of amides is 1. The van der Waals surface area contributed by atoms with Crippen molar-refractivity contribution in [3.05, 3.63) is 65.0 Å². The lowest BCUT2D eigenvalue weighted by atomic mass is 9.81. The second kappa shape index (κ2) is 7.19. The first-order chi connectivity index (χ1) is 12.2. The molecule has 4 nitrogen and oxygen atoms in total. The largest absolute Gasteiger partial charge is 0.349 e. The van der Waals surface area contributed by atoms with E-state index in [2.05, 4.69) is 5.32 Å². The fourth-order valence-electron chi connectivity index (χ4n) is 3.21. The maximum absolute atomic E-state index is 13.6. The van der Waals surface area contributed by atoms with E-state index < -0.39 is 15.7 Å². The van der Waals surface area contributed by atoms with Gasteiger partial charge in [-0.05, 0) is 68.0 Å². The van der Waals surface area contributed by atoms with Gasteiger partial charge < -0.3 is 5.32 Å². The molecule has 0 bridgehead atoms. The number of rotatable bonds is 5. The molecule has 1 amide bonds. The fraction of sp³-hybridized carbons (Fsp3) is 0.350. The van der Waals surface area contributed by atoms with Crippen LogP contribution in [0.15, 0.2) is 47.4 Å². The van der Waals surface area contributed by atoms with Crippen LogP contribution in [0.4, 0.5) is 4.39 Å². The van der Waals surface area contributed by atoms with Crippen LogP contribution < -0.4 is 5.32 Å². The van der Waals surface area contributed by atoms with Gasteiger partial charge in [-0.3, -0.25) is 4.79 Å². The SMILES string of the molecule is Cc1cccc(S(=O)(=O)CC2CC(NC(=O)c3ccc(C)c(F)c3)C2)c1. The van der Waals surface area contributed by atoms with E-state index in [9.17, 15) is 17.6 Å². The number of sulfone groups is 1. The Labute approximate surface area is 153 Å². The van der Waals surface area contributed by atoms with E-state index in [0.717, 1.165) is 5.56 Å². The van der Waals surface area contributed by atoms with Gasteiger partial charge in [0.25, 0.3) is 5.91 Å². The minimum atomic E-state index is -3.32. The molecule has 0 aromatic heterocycles. The number of aryl methyl sites for hydroxylation is 2. The lowest BCUT2D eigenvalue weighted by Crippen LogP contribution is -2.46. The molecule has 1 saturated carbocycles. The average Bonchev–Trinajstić information content (AvgIpc) is 2.55. The summed E-state index contributed by atoms with van der Waals surface area (Å²) in [6.07, 6.45) is 1.23. The number of carbonyl (C=O) groups is 1. The molecule has 0 spiro atoms. The molecule has 6 heteroatoms. The number of carbonyl (C=O) groups excluding carboxylic acids is 1. The van der Waals surface area contributed by atoms with Crippen molar-refractivity contribution in [3.63, 3.8) is 0 Å². The second-order valence-corrected chi connectivity index (χ2v) is 9.10. The molecule has 0 aliphatic heterocycles. The molecule has 0 radical (unpaired) electrons. The van der Waals surface area contributed by atoms with E-state index >= 15 is 0 Å². The van der Waals surface area contributed by atoms with Gasteiger partial charge in [0.05, 0.1) is 10.6 Å². The van der Waals surface area contributed by atoms with Gasteiger partial charge in [0, 0.05) is 11.6 Å². The molecule has 2 aromatic carbocycles. The maximum atomic E-state index is 13.6. The summed E-state index contributed by atoms with van der Waals surface area (Å²) in [6, 6.07) is 11.2. The zero-order valence-corrected chi connectivity index (χ0v) is 15.6. The van der Waals surface area contributed by atoms with Gasteiger partial charge in [-0.15, -0.1) is 0 Å².